The van der Waals surface area contributed by atoms with Crippen LogP contribution < -0.4 is 10.6 Å². The Bertz CT molecular complexity index is 444. The minimum absolute atomic E-state index is 0. The molecule has 1 aromatic rings. The van der Waals surface area contributed by atoms with Crippen LogP contribution in [0.1, 0.15) is 30.9 Å². The van der Waals surface area contributed by atoms with E-state index in [9.17, 15) is 4.39 Å². The fourth-order valence-corrected chi connectivity index (χ4v) is 1.72. The molecule has 19 heavy (non-hydrogen) atoms. The molecule has 0 radical (unpaired) electrons. The van der Waals surface area contributed by atoms with Crippen molar-refractivity contribution in [1.29, 1.82) is 0 Å². The monoisotopic (exact) mass is 377 g/mol. The van der Waals surface area contributed by atoms with Gasteiger partial charge in [-0.3, -0.25) is 0 Å². The van der Waals surface area contributed by atoms with Gasteiger partial charge in [0.25, 0.3) is 0 Å². The molecule has 1 fully saturated rings. The van der Waals surface area contributed by atoms with Crippen molar-refractivity contribution in [2.24, 2.45) is 4.99 Å². The zero-order valence-corrected chi connectivity index (χ0v) is 13.7. The van der Waals surface area contributed by atoms with Crippen molar-refractivity contribution < 1.29 is 4.39 Å². The summed E-state index contributed by atoms with van der Waals surface area (Å²) in [6.07, 6.45) is 2.44. The number of benzene rings is 1. The summed E-state index contributed by atoms with van der Waals surface area (Å²) in [5, 5.41) is 6.57. The van der Waals surface area contributed by atoms with Crippen molar-refractivity contribution in [2.75, 3.05) is 6.54 Å². The molecule has 2 rings (SSSR count). The first kappa shape index (κ1) is 16.2. The Morgan fingerprint density at radius 2 is 2.16 bits per heavy atom. The molecular formula is C14H21FIN3. The van der Waals surface area contributed by atoms with E-state index in [-0.39, 0.29) is 29.8 Å². The van der Waals surface area contributed by atoms with E-state index >= 15 is 0 Å². The lowest BCUT2D eigenvalue weighted by molar-refractivity contribution is 0.617. The molecule has 0 bridgehead atoms. The van der Waals surface area contributed by atoms with Crippen LogP contribution in [-0.4, -0.2) is 18.5 Å². The number of halogens is 2. The average Bonchev–Trinajstić information content (AvgIpc) is 3.14. The van der Waals surface area contributed by atoms with Gasteiger partial charge in [-0.1, -0.05) is 12.1 Å². The molecule has 3 nitrogen and oxygen atoms in total. The maximum Gasteiger partial charge on any atom is 0.191 e. The number of nitrogens with zero attached hydrogens (tertiary/aromatic N) is 1. The second kappa shape index (κ2) is 7.67. The molecule has 0 saturated heterocycles. The minimum Gasteiger partial charge on any atom is -0.357 e. The summed E-state index contributed by atoms with van der Waals surface area (Å²) in [7, 11) is 0. The molecule has 1 aliphatic carbocycles. The number of rotatable bonds is 4. The van der Waals surface area contributed by atoms with Crippen LogP contribution in [0.5, 0.6) is 0 Å². The lowest BCUT2D eigenvalue weighted by atomic mass is 10.1. The Kier molecular flexibility index (Phi) is 6.54. The van der Waals surface area contributed by atoms with Crippen molar-refractivity contribution in [1.82, 2.24) is 10.6 Å². The highest BCUT2D eigenvalue weighted by Gasteiger charge is 2.21. The molecule has 0 spiro atoms. The maximum absolute atomic E-state index is 13.1. The summed E-state index contributed by atoms with van der Waals surface area (Å²) in [5.74, 6) is 0.688. The van der Waals surface area contributed by atoms with Gasteiger partial charge < -0.3 is 10.6 Å². The van der Waals surface area contributed by atoms with Gasteiger partial charge in [0.2, 0.25) is 0 Å². The van der Waals surface area contributed by atoms with E-state index in [1.807, 2.05) is 13.0 Å². The number of aliphatic imine (C=N–C) groups is 1. The summed E-state index contributed by atoms with van der Waals surface area (Å²) < 4.78 is 13.1. The lowest BCUT2D eigenvalue weighted by Crippen LogP contribution is -2.38. The maximum atomic E-state index is 13.1. The van der Waals surface area contributed by atoms with E-state index in [2.05, 4.69) is 15.6 Å². The highest BCUT2D eigenvalue weighted by atomic mass is 127. The molecule has 5 heteroatoms. The Morgan fingerprint density at radius 1 is 1.42 bits per heavy atom. The van der Waals surface area contributed by atoms with E-state index in [1.165, 1.54) is 18.9 Å². The van der Waals surface area contributed by atoms with Crippen molar-refractivity contribution in [2.45, 2.75) is 39.3 Å². The molecule has 1 aromatic carbocycles. The van der Waals surface area contributed by atoms with Crippen LogP contribution in [0, 0.1) is 12.7 Å². The van der Waals surface area contributed by atoms with Crippen LogP contribution in [0.2, 0.25) is 0 Å². The predicted molar refractivity (Wildman–Crippen MR) is 87.5 cm³/mol. The molecular weight excluding hydrogens is 356 g/mol. The fraction of sp³-hybridized carbons (Fsp3) is 0.500. The Balaban J connectivity index is 0.00000180. The third-order valence-electron chi connectivity index (χ3n) is 2.90. The second-order valence-electron chi connectivity index (χ2n) is 4.70. The minimum atomic E-state index is -0.161. The quantitative estimate of drug-likeness (QED) is 0.481. The normalized spacial score (nSPS) is 14.8. The number of hydrogen-bond donors (Lipinski definition) is 2. The molecule has 0 heterocycles. The topological polar surface area (TPSA) is 36.4 Å². The highest BCUT2D eigenvalue weighted by Crippen LogP contribution is 2.18. The van der Waals surface area contributed by atoms with Gasteiger partial charge in [0.1, 0.15) is 5.82 Å². The van der Waals surface area contributed by atoms with Gasteiger partial charge in [0.05, 0.1) is 6.54 Å². The largest absolute Gasteiger partial charge is 0.357 e. The molecule has 0 atom stereocenters. The van der Waals surface area contributed by atoms with Crippen molar-refractivity contribution in [3.63, 3.8) is 0 Å². The summed E-state index contributed by atoms with van der Waals surface area (Å²) in [4.78, 5) is 4.51. The SMILES string of the molecule is CCNC(=NCc1ccc(F)c(C)c1)NC1CC1.I. The molecule has 0 aromatic heterocycles. The van der Waals surface area contributed by atoms with Crippen molar-refractivity contribution in [3.05, 3.63) is 35.1 Å². The number of aryl methyl sites for hydroxylation is 1. The first-order valence-electron chi connectivity index (χ1n) is 6.49. The van der Waals surface area contributed by atoms with Gasteiger partial charge in [-0.05, 0) is 43.9 Å². The van der Waals surface area contributed by atoms with Crippen LogP contribution in [0.3, 0.4) is 0 Å². The molecule has 1 saturated carbocycles. The smallest absolute Gasteiger partial charge is 0.191 e. The van der Waals surface area contributed by atoms with Crippen molar-refractivity contribution in [3.8, 4) is 0 Å². The molecule has 0 unspecified atom stereocenters. The first-order valence-corrected chi connectivity index (χ1v) is 6.49. The Hall–Kier alpha value is -0.850. The number of nitrogens with one attached hydrogen (secondary N) is 2. The van der Waals surface area contributed by atoms with Gasteiger partial charge in [0, 0.05) is 12.6 Å². The van der Waals surface area contributed by atoms with Crippen LogP contribution in [0.15, 0.2) is 23.2 Å². The molecule has 106 valence electrons. The van der Waals surface area contributed by atoms with Gasteiger partial charge in [-0.2, -0.15) is 0 Å². The summed E-state index contributed by atoms with van der Waals surface area (Å²) >= 11 is 0. The third-order valence-corrected chi connectivity index (χ3v) is 2.90. The zero-order chi connectivity index (χ0) is 13.0. The summed E-state index contributed by atoms with van der Waals surface area (Å²) in [5.41, 5.74) is 1.70. The highest BCUT2D eigenvalue weighted by molar-refractivity contribution is 14.0. The van der Waals surface area contributed by atoms with Gasteiger partial charge in [0.15, 0.2) is 5.96 Å². The standard InChI is InChI=1S/C14H20FN3.HI/c1-3-16-14(18-12-5-6-12)17-9-11-4-7-13(15)10(2)8-11;/h4,7-8,12H,3,5-6,9H2,1-2H3,(H2,16,17,18);1H. The summed E-state index contributed by atoms with van der Waals surface area (Å²) in [6.45, 7) is 5.24. The molecule has 2 N–H and O–H groups in total. The van der Waals surface area contributed by atoms with E-state index < -0.39 is 0 Å². The third kappa shape index (κ3) is 5.34. The van der Waals surface area contributed by atoms with E-state index in [1.54, 1.807) is 13.0 Å². The van der Waals surface area contributed by atoms with Gasteiger partial charge in [-0.15, -0.1) is 24.0 Å². The predicted octanol–water partition coefficient (Wildman–Crippen LogP) is 2.97. The molecule has 0 aliphatic heterocycles. The Labute approximate surface area is 131 Å². The fourth-order valence-electron chi connectivity index (χ4n) is 1.72. The van der Waals surface area contributed by atoms with E-state index in [0.29, 0.717) is 18.2 Å². The van der Waals surface area contributed by atoms with Crippen LogP contribution in [-0.2, 0) is 6.54 Å². The number of hydrogen-bond acceptors (Lipinski definition) is 1. The van der Waals surface area contributed by atoms with Gasteiger partial charge in [-0.25, -0.2) is 9.38 Å². The molecule has 1 aliphatic rings. The van der Waals surface area contributed by atoms with Crippen LogP contribution in [0.25, 0.3) is 0 Å². The van der Waals surface area contributed by atoms with E-state index in [4.69, 9.17) is 0 Å². The average molecular weight is 377 g/mol. The summed E-state index contributed by atoms with van der Waals surface area (Å²) in [6, 6.07) is 5.71. The lowest BCUT2D eigenvalue weighted by Gasteiger charge is -2.10. The van der Waals surface area contributed by atoms with Crippen LogP contribution in [0.4, 0.5) is 4.39 Å². The molecule has 0 amide bonds. The second-order valence-corrected chi connectivity index (χ2v) is 4.70. The zero-order valence-electron chi connectivity index (χ0n) is 11.4. The number of guanidine groups is 1. The van der Waals surface area contributed by atoms with Gasteiger partial charge >= 0.3 is 0 Å². The Morgan fingerprint density at radius 3 is 2.74 bits per heavy atom. The van der Waals surface area contributed by atoms with E-state index in [0.717, 1.165) is 18.1 Å². The van der Waals surface area contributed by atoms with Crippen LogP contribution >= 0.6 is 24.0 Å². The van der Waals surface area contributed by atoms with Crippen molar-refractivity contribution >= 4 is 29.9 Å². The first-order chi connectivity index (χ1) is 8.69.